The first kappa shape index (κ1) is 13.5. The van der Waals surface area contributed by atoms with Crippen LogP contribution in [0.15, 0.2) is 51.7 Å². The van der Waals surface area contributed by atoms with Gasteiger partial charge in [0.15, 0.2) is 11.0 Å². The van der Waals surface area contributed by atoms with Gasteiger partial charge in [-0.05, 0) is 0 Å². The molecule has 4 nitrogen and oxygen atoms in total. The highest BCUT2D eigenvalue weighted by Gasteiger charge is 2.17. The monoisotopic (exact) mass is 302 g/mol. The van der Waals surface area contributed by atoms with Crippen molar-refractivity contribution >= 4 is 22.6 Å². The lowest BCUT2D eigenvalue weighted by Gasteiger charge is -2.09. The summed E-state index contributed by atoms with van der Waals surface area (Å²) in [5, 5.41) is 10.1. The fraction of sp³-hybridized carbons (Fsp3) is 0.0625. The zero-order chi connectivity index (χ0) is 15.0. The van der Waals surface area contributed by atoms with Crippen LogP contribution >= 0.6 is 11.6 Å². The van der Waals surface area contributed by atoms with Crippen molar-refractivity contribution in [3.05, 3.63) is 57.7 Å². The Morgan fingerprint density at radius 1 is 1.19 bits per heavy atom. The van der Waals surface area contributed by atoms with Gasteiger partial charge in [-0.15, -0.1) is 0 Å². The molecule has 0 aliphatic heterocycles. The maximum Gasteiger partial charge on any atom is 0.197 e. The van der Waals surface area contributed by atoms with Gasteiger partial charge in [0.1, 0.15) is 27.7 Å². The molecule has 2 aromatic carbocycles. The quantitative estimate of drug-likeness (QED) is 0.781. The Balaban J connectivity index is 2.38. The number of phenolic OH excluding ortho intramolecular Hbond substituents is 1. The zero-order valence-corrected chi connectivity index (χ0v) is 11.8. The SMILES string of the molecule is COc1cc(O)c2c(=O)cc(-c3ccccc3)oc2c1Cl. The van der Waals surface area contributed by atoms with Crippen molar-refractivity contribution in [2.24, 2.45) is 0 Å². The van der Waals surface area contributed by atoms with Gasteiger partial charge in [0.25, 0.3) is 0 Å². The average molecular weight is 303 g/mol. The first-order valence-electron chi connectivity index (χ1n) is 6.20. The second kappa shape index (κ2) is 5.14. The number of methoxy groups -OCH3 is 1. The van der Waals surface area contributed by atoms with Crippen LogP contribution < -0.4 is 10.2 Å². The maximum atomic E-state index is 12.2. The van der Waals surface area contributed by atoms with E-state index in [0.717, 1.165) is 5.56 Å². The van der Waals surface area contributed by atoms with Gasteiger partial charge in [0.2, 0.25) is 0 Å². The van der Waals surface area contributed by atoms with E-state index in [1.165, 1.54) is 19.2 Å². The largest absolute Gasteiger partial charge is 0.507 e. The predicted molar refractivity (Wildman–Crippen MR) is 81.1 cm³/mol. The fourth-order valence-corrected chi connectivity index (χ4v) is 2.42. The van der Waals surface area contributed by atoms with Crippen LogP contribution in [-0.4, -0.2) is 12.2 Å². The van der Waals surface area contributed by atoms with Crippen LogP contribution in [0.3, 0.4) is 0 Å². The van der Waals surface area contributed by atoms with E-state index in [1.807, 2.05) is 30.3 Å². The molecule has 5 heteroatoms. The summed E-state index contributed by atoms with van der Waals surface area (Å²) in [6, 6.07) is 11.8. The molecule has 0 spiro atoms. The molecule has 106 valence electrons. The number of aromatic hydroxyl groups is 1. The molecule has 1 heterocycles. The fourth-order valence-electron chi connectivity index (χ4n) is 2.16. The van der Waals surface area contributed by atoms with E-state index < -0.39 is 0 Å². The Hall–Kier alpha value is -2.46. The van der Waals surface area contributed by atoms with Crippen LogP contribution in [0, 0.1) is 0 Å². The zero-order valence-electron chi connectivity index (χ0n) is 11.1. The highest BCUT2D eigenvalue weighted by Crippen LogP contribution is 2.38. The number of rotatable bonds is 2. The minimum absolute atomic E-state index is 0.0421. The molecule has 0 fully saturated rings. The molecule has 0 atom stereocenters. The summed E-state index contributed by atoms with van der Waals surface area (Å²) in [6.45, 7) is 0. The van der Waals surface area contributed by atoms with E-state index >= 15 is 0 Å². The minimum atomic E-state index is -0.364. The normalized spacial score (nSPS) is 10.8. The number of halogens is 1. The highest BCUT2D eigenvalue weighted by atomic mass is 35.5. The second-order valence-corrected chi connectivity index (χ2v) is 4.83. The van der Waals surface area contributed by atoms with E-state index in [4.69, 9.17) is 20.8 Å². The third kappa shape index (κ3) is 2.23. The van der Waals surface area contributed by atoms with Gasteiger partial charge in [-0.25, -0.2) is 0 Å². The van der Waals surface area contributed by atoms with Crippen molar-refractivity contribution in [3.63, 3.8) is 0 Å². The average Bonchev–Trinajstić information content (AvgIpc) is 2.51. The topological polar surface area (TPSA) is 59.7 Å². The standard InChI is InChI=1S/C16H11ClO4/c1-20-13-8-11(19)14-10(18)7-12(21-16(14)15(13)17)9-5-3-2-4-6-9/h2-8,19H,1H3. The maximum absolute atomic E-state index is 12.2. The Bertz CT molecular complexity index is 869. The molecule has 3 aromatic rings. The smallest absolute Gasteiger partial charge is 0.197 e. The number of phenols is 1. The summed E-state index contributed by atoms with van der Waals surface area (Å²) in [5.74, 6) is 0.400. The third-order valence-corrected chi connectivity index (χ3v) is 3.52. The Morgan fingerprint density at radius 2 is 1.90 bits per heavy atom. The summed E-state index contributed by atoms with van der Waals surface area (Å²) in [5.41, 5.74) is 0.493. The molecule has 1 aromatic heterocycles. The summed E-state index contributed by atoms with van der Waals surface area (Å²) >= 11 is 6.18. The summed E-state index contributed by atoms with van der Waals surface area (Å²) in [4.78, 5) is 12.2. The number of benzene rings is 2. The number of ether oxygens (including phenoxy) is 1. The first-order chi connectivity index (χ1) is 10.1. The van der Waals surface area contributed by atoms with Crippen molar-refractivity contribution < 1.29 is 14.3 Å². The van der Waals surface area contributed by atoms with Gasteiger partial charge in [-0.3, -0.25) is 4.79 Å². The van der Waals surface area contributed by atoms with Gasteiger partial charge in [0.05, 0.1) is 7.11 Å². The molecule has 0 amide bonds. The second-order valence-electron chi connectivity index (χ2n) is 4.46. The molecule has 0 aliphatic rings. The van der Waals surface area contributed by atoms with Gasteiger partial charge in [-0.1, -0.05) is 41.9 Å². The lowest BCUT2D eigenvalue weighted by Crippen LogP contribution is -2.02. The molecule has 21 heavy (non-hydrogen) atoms. The summed E-state index contributed by atoms with van der Waals surface area (Å²) in [7, 11) is 1.42. The van der Waals surface area contributed by atoms with Crippen molar-refractivity contribution in [2.75, 3.05) is 7.11 Å². The summed E-state index contributed by atoms with van der Waals surface area (Å²) in [6.07, 6.45) is 0. The lowest BCUT2D eigenvalue weighted by molar-refractivity contribution is 0.408. The minimum Gasteiger partial charge on any atom is -0.507 e. The van der Waals surface area contributed by atoms with Gasteiger partial charge in [0, 0.05) is 17.7 Å². The van der Waals surface area contributed by atoms with Gasteiger partial charge < -0.3 is 14.3 Å². The predicted octanol–water partition coefficient (Wildman–Crippen LogP) is 3.83. The van der Waals surface area contributed by atoms with Crippen LogP contribution in [0.25, 0.3) is 22.3 Å². The molecule has 1 N–H and O–H groups in total. The van der Waals surface area contributed by atoms with Crippen molar-refractivity contribution in [1.82, 2.24) is 0 Å². The van der Waals surface area contributed by atoms with Crippen LogP contribution in [0.2, 0.25) is 5.02 Å². The molecular weight excluding hydrogens is 292 g/mol. The van der Waals surface area contributed by atoms with Crippen LogP contribution in [0.1, 0.15) is 0 Å². The molecule has 3 rings (SSSR count). The van der Waals surface area contributed by atoms with Crippen LogP contribution in [-0.2, 0) is 0 Å². The highest BCUT2D eigenvalue weighted by molar-refractivity contribution is 6.36. The van der Waals surface area contributed by atoms with Crippen molar-refractivity contribution in [1.29, 1.82) is 0 Å². The van der Waals surface area contributed by atoms with E-state index in [0.29, 0.717) is 5.76 Å². The molecule has 0 saturated heterocycles. The Kier molecular flexibility index (Phi) is 3.31. The van der Waals surface area contributed by atoms with Crippen LogP contribution in [0.5, 0.6) is 11.5 Å². The lowest BCUT2D eigenvalue weighted by atomic mass is 10.1. The third-order valence-electron chi connectivity index (χ3n) is 3.17. The van der Waals surface area contributed by atoms with E-state index in [9.17, 15) is 9.90 Å². The van der Waals surface area contributed by atoms with Crippen molar-refractivity contribution in [3.8, 4) is 22.8 Å². The molecule has 0 aliphatic carbocycles. The number of hydrogen-bond donors (Lipinski definition) is 1. The molecule has 0 bridgehead atoms. The molecule has 0 radical (unpaired) electrons. The molecule has 0 saturated carbocycles. The number of hydrogen-bond acceptors (Lipinski definition) is 4. The van der Waals surface area contributed by atoms with Gasteiger partial charge >= 0.3 is 0 Å². The Labute approximate surface area is 125 Å². The number of fused-ring (bicyclic) bond motifs is 1. The van der Waals surface area contributed by atoms with Crippen molar-refractivity contribution in [2.45, 2.75) is 0 Å². The summed E-state index contributed by atoms with van der Waals surface area (Å²) < 4.78 is 10.8. The van der Waals surface area contributed by atoms with E-state index in [2.05, 4.69) is 0 Å². The Morgan fingerprint density at radius 3 is 2.57 bits per heavy atom. The first-order valence-corrected chi connectivity index (χ1v) is 6.58. The van der Waals surface area contributed by atoms with Crippen LogP contribution in [0.4, 0.5) is 0 Å². The van der Waals surface area contributed by atoms with E-state index in [1.54, 1.807) is 0 Å². The van der Waals surface area contributed by atoms with E-state index in [-0.39, 0.29) is 32.9 Å². The molecular formula is C16H11ClO4. The molecule has 0 unspecified atom stereocenters. The van der Waals surface area contributed by atoms with Gasteiger partial charge in [-0.2, -0.15) is 0 Å².